The van der Waals surface area contributed by atoms with Crippen molar-refractivity contribution in [3.63, 3.8) is 0 Å². The molecular weight excluding hydrogens is 233 g/mol. The van der Waals surface area contributed by atoms with Crippen molar-refractivity contribution in [1.29, 1.82) is 0 Å². The predicted octanol–water partition coefficient (Wildman–Crippen LogP) is 4.59. The van der Waals surface area contributed by atoms with Gasteiger partial charge in [0.05, 0.1) is 0 Å². The molecule has 0 aliphatic heterocycles. The van der Waals surface area contributed by atoms with Gasteiger partial charge in [0, 0.05) is 0 Å². The molecule has 0 aromatic carbocycles. The minimum atomic E-state index is 0.847. The molecule has 0 heterocycles. The average molecular weight is 252 g/mol. The zero-order valence-electron chi connectivity index (χ0n) is 9.07. The van der Waals surface area contributed by atoms with Gasteiger partial charge in [0.2, 0.25) is 0 Å². The summed E-state index contributed by atoms with van der Waals surface area (Å²) in [4.78, 5) is 0. The van der Waals surface area contributed by atoms with Gasteiger partial charge in [0.15, 0.2) is 0 Å². The molecule has 0 radical (unpaired) electrons. The zero-order chi connectivity index (χ0) is 10.7. The van der Waals surface area contributed by atoms with E-state index in [-0.39, 0.29) is 0 Å². The van der Waals surface area contributed by atoms with Crippen LogP contribution in [-0.4, -0.2) is 0 Å². The van der Waals surface area contributed by atoms with Crippen LogP contribution in [-0.2, 0) is 17.3 Å². The molecule has 0 N–H and O–H groups in total. The van der Waals surface area contributed by atoms with Crippen LogP contribution in [0.5, 0.6) is 0 Å². The summed E-state index contributed by atoms with van der Waals surface area (Å²) in [6.45, 7) is 10.2. The molecule has 0 unspecified atom stereocenters. The van der Waals surface area contributed by atoms with Crippen molar-refractivity contribution in [3.05, 3.63) is 30.2 Å². The van der Waals surface area contributed by atoms with Crippen molar-refractivity contribution in [1.82, 2.24) is 0 Å². The Morgan fingerprint density at radius 3 is 2.15 bits per heavy atom. The normalized spacial score (nSPS) is 10.2. The van der Waals surface area contributed by atoms with Crippen LogP contribution in [0.2, 0.25) is 0 Å². The van der Waals surface area contributed by atoms with E-state index in [0.717, 1.165) is 23.7 Å². The van der Waals surface area contributed by atoms with Crippen LogP contribution >= 0.6 is 9.69 Å². The van der Waals surface area contributed by atoms with Crippen LogP contribution in [0.4, 0.5) is 0 Å². The molecule has 0 spiro atoms. The monoisotopic (exact) mass is 250 g/mol. The van der Waals surface area contributed by atoms with Crippen LogP contribution in [0.1, 0.15) is 40.0 Å². The Hall–Kier alpha value is 0.393. The van der Waals surface area contributed by atoms with E-state index in [0.29, 0.717) is 0 Å². The van der Waals surface area contributed by atoms with Crippen LogP contribution in [0, 0.1) is 6.92 Å². The molecule has 72 valence electrons. The topological polar surface area (TPSA) is 0 Å². The van der Waals surface area contributed by atoms with Gasteiger partial charge >= 0.3 is 27.0 Å². The van der Waals surface area contributed by atoms with Crippen molar-refractivity contribution >= 4 is 9.69 Å². The number of halogens is 1. The number of allylic oxidation sites excluding steroid dienone is 4. The zero-order valence-corrected chi connectivity index (χ0v) is 12.8. The maximum absolute atomic E-state index is 4.76. The fraction of sp³-hybridized carbons (Fsp3) is 0.545. The molecule has 0 nitrogen and oxygen atoms in total. The van der Waals surface area contributed by atoms with Gasteiger partial charge in [0.1, 0.15) is 0 Å². The summed E-state index contributed by atoms with van der Waals surface area (Å²) < 4.78 is 0. The third kappa shape index (κ3) is 15.2. The first-order valence-electron chi connectivity index (χ1n) is 4.51. The van der Waals surface area contributed by atoms with Crippen molar-refractivity contribution in [3.8, 4) is 0 Å². The van der Waals surface area contributed by atoms with Gasteiger partial charge in [-0.1, -0.05) is 17.2 Å². The first kappa shape index (κ1) is 15.8. The molecule has 0 saturated heterocycles. The number of rotatable bonds is 4. The van der Waals surface area contributed by atoms with E-state index < -0.39 is 0 Å². The number of hydrogen-bond donors (Lipinski definition) is 0. The molecule has 0 aromatic rings. The van der Waals surface area contributed by atoms with E-state index in [2.05, 4.69) is 39.8 Å². The van der Waals surface area contributed by atoms with Gasteiger partial charge < -0.3 is 6.92 Å². The van der Waals surface area contributed by atoms with E-state index >= 15 is 0 Å². The standard InChI is InChI=1S/C11H19.ClH.Zn/c1-5-7-11(4)9-6-8-10(2)3;;/h7-8H,1,5-6,9H2,2-4H3;1H;/q-1;;+2/p-1/b11-7+;;. The fourth-order valence-electron chi connectivity index (χ4n) is 0.937. The van der Waals surface area contributed by atoms with Crippen LogP contribution in [0.15, 0.2) is 23.3 Å². The second-order valence-corrected chi connectivity index (χ2v) is 3.16. The quantitative estimate of drug-likeness (QED) is 0.390. The first-order valence-corrected chi connectivity index (χ1v) is 8.41. The Labute approximate surface area is 97.2 Å². The molecule has 0 atom stereocenters. The van der Waals surface area contributed by atoms with Gasteiger partial charge in [-0.2, -0.15) is 6.42 Å². The molecular formula is C11H19ClZn. The second kappa shape index (κ2) is 12.4. The summed E-state index contributed by atoms with van der Waals surface area (Å²) in [5, 5.41) is 0. The van der Waals surface area contributed by atoms with Crippen LogP contribution < -0.4 is 0 Å². The number of hydrogen-bond acceptors (Lipinski definition) is 0. The molecule has 0 rings (SSSR count). The molecule has 0 bridgehead atoms. The van der Waals surface area contributed by atoms with Gasteiger partial charge in [0.25, 0.3) is 0 Å². The summed E-state index contributed by atoms with van der Waals surface area (Å²) in [7, 11) is 4.76. The molecule has 13 heavy (non-hydrogen) atoms. The molecule has 2 heteroatoms. The summed E-state index contributed by atoms with van der Waals surface area (Å²) in [5.74, 6) is 0. The maximum atomic E-state index is 4.76. The van der Waals surface area contributed by atoms with E-state index in [1.807, 2.05) is 0 Å². The molecule has 0 aliphatic carbocycles. The molecule has 0 saturated carbocycles. The van der Waals surface area contributed by atoms with E-state index in [4.69, 9.17) is 9.69 Å². The van der Waals surface area contributed by atoms with Gasteiger partial charge in [-0.25, -0.2) is 0 Å². The first-order chi connectivity index (χ1) is 6.16. The third-order valence-corrected chi connectivity index (χ3v) is 1.58. The SMILES string of the molecule is [CH2-]C/C=C(\C)CCC=C(C)C.[Cl][Zn+]. The van der Waals surface area contributed by atoms with E-state index in [1.54, 1.807) is 0 Å². The Balaban J connectivity index is 0. The Morgan fingerprint density at radius 1 is 1.23 bits per heavy atom. The summed E-state index contributed by atoms with van der Waals surface area (Å²) in [6.07, 6.45) is 7.74. The van der Waals surface area contributed by atoms with Gasteiger partial charge in [-0.05, 0) is 33.6 Å². The van der Waals surface area contributed by atoms with Crippen LogP contribution in [0.25, 0.3) is 0 Å². The van der Waals surface area contributed by atoms with Crippen molar-refractivity contribution in [2.24, 2.45) is 0 Å². The predicted molar refractivity (Wildman–Crippen MR) is 58.2 cm³/mol. The Kier molecular flexibility index (Phi) is 15.1. The van der Waals surface area contributed by atoms with Gasteiger partial charge in [-0.15, -0.1) is 6.08 Å². The molecule has 0 aliphatic rings. The van der Waals surface area contributed by atoms with E-state index in [9.17, 15) is 0 Å². The molecule has 0 aromatic heterocycles. The third-order valence-electron chi connectivity index (χ3n) is 1.58. The minimum absolute atomic E-state index is 0.847. The average Bonchev–Trinajstić information content (AvgIpc) is 2.08. The fourth-order valence-corrected chi connectivity index (χ4v) is 0.937. The Morgan fingerprint density at radius 2 is 1.77 bits per heavy atom. The van der Waals surface area contributed by atoms with Crippen molar-refractivity contribution < 1.29 is 17.3 Å². The van der Waals surface area contributed by atoms with Crippen molar-refractivity contribution in [2.75, 3.05) is 0 Å². The molecule has 0 amide bonds. The molecule has 0 fully saturated rings. The van der Waals surface area contributed by atoms with Crippen molar-refractivity contribution in [2.45, 2.75) is 40.0 Å². The van der Waals surface area contributed by atoms with Crippen LogP contribution in [0.3, 0.4) is 0 Å². The second-order valence-electron chi connectivity index (χ2n) is 3.16. The van der Waals surface area contributed by atoms with E-state index in [1.165, 1.54) is 24.0 Å². The van der Waals surface area contributed by atoms with Gasteiger partial charge in [-0.3, -0.25) is 0 Å². The summed E-state index contributed by atoms with van der Waals surface area (Å²) in [6, 6.07) is 0. The Bertz CT molecular complexity index is 155. The summed E-state index contributed by atoms with van der Waals surface area (Å²) in [5.41, 5.74) is 2.87. The summed E-state index contributed by atoms with van der Waals surface area (Å²) >= 11 is 0.847.